The number of aromatic hydroxyl groups is 1. The molecule has 2 aromatic carbocycles. The first-order valence-electron chi connectivity index (χ1n) is 12.1. The third kappa shape index (κ3) is 5.47. The second-order valence-corrected chi connectivity index (χ2v) is 8.77. The first kappa shape index (κ1) is 27.4. The predicted octanol–water partition coefficient (Wildman–Crippen LogP) is 2.85. The zero-order chi connectivity index (χ0) is 28.1. The van der Waals surface area contributed by atoms with Crippen LogP contribution < -0.4 is 24.7 Å². The summed E-state index contributed by atoms with van der Waals surface area (Å²) in [6.07, 6.45) is 2.70. The Labute approximate surface area is 225 Å². The van der Waals surface area contributed by atoms with Crippen molar-refractivity contribution in [2.45, 2.75) is 12.5 Å². The third-order valence-electron chi connectivity index (χ3n) is 6.66. The summed E-state index contributed by atoms with van der Waals surface area (Å²) in [5, 5.41) is 9.34. The van der Waals surface area contributed by atoms with Gasteiger partial charge in [-0.2, -0.15) is 0 Å². The fraction of sp³-hybridized carbons (Fsp3) is 0.321. The van der Waals surface area contributed by atoms with Crippen LogP contribution in [0, 0.1) is 11.8 Å². The van der Waals surface area contributed by atoms with Crippen LogP contribution in [0.5, 0.6) is 28.7 Å². The average Bonchev–Trinajstić information content (AvgIpc) is 3.56. The number of hydrogen-bond donors (Lipinski definition) is 2. The Morgan fingerprint density at radius 3 is 2.44 bits per heavy atom. The van der Waals surface area contributed by atoms with E-state index in [0.29, 0.717) is 29.4 Å². The average molecular weight is 539 g/mol. The molecule has 0 bridgehead atoms. The van der Waals surface area contributed by atoms with Crippen molar-refractivity contribution >= 4 is 17.8 Å². The van der Waals surface area contributed by atoms with Gasteiger partial charge in [-0.1, -0.05) is 18.7 Å². The molecular weight excluding hydrogens is 508 g/mol. The number of rotatable bonds is 6. The van der Waals surface area contributed by atoms with Gasteiger partial charge in [0.25, 0.3) is 0 Å². The lowest BCUT2D eigenvalue weighted by atomic mass is 9.75. The van der Waals surface area contributed by atoms with E-state index in [-0.39, 0.29) is 48.4 Å². The fourth-order valence-electron chi connectivity index (χ4n) is 4.68. The molecule has 1 saturated heterocycles. The molecule has 2 heterocycles. The maximum absolute atomic E-state index is 12.8. The molecule has 2 unspecified atom stereocenters. The summed E-state index contributed by atoms with van der Waals surface area (Å²) in [6, 6.07) is 8.72. The standard InChI is InChI=1S/C20H20N2O6.C8H10O3/c1-3-4-11(18(21)22-2)20(24)28-17-12-7-16-15(26-9-27-16)6-10(12)5-13-14(17)8-25-19(13)23;1-10-6-4-3-5-7(11-2)8(6)9/h3-4,6-7,13-14,17H,1,5,8-9H2,2H3,(H2,21,22);3-5,9H,1-2H3/b11-4+;/t13-,14?,17?;/m1./s1. The van der Waals surface area contributed by atoms with Gasteiger partial charge in [-0.05, 0) is 42.3 Å². The van der Waals surface area contributed by atoms with E-state index in [1.54, 1.807) is 18.2 Å². The van der Waals surface area contributed by atoms with Crippen LogP contribution in [0.15, 0.2) is 59.6 Å². The zero-order valence-corrected chi connectivity index (χ0v) is 21.8. The number of aliphatic imine (C=N–C) groups is 1. The molecule has 11 nitrogen and oxygen atoms in total. The van der Waals surface area contributed by atoms with Crippen molar-refractivity contribution in [2.75, 3.05) is 34.7 Å². The van der Waals surface area contributed by atoms with Gasteiger partial charge in [0.05, 0.1) is 26.7 Å². The topological polar surface area (TPSA) is 148 Å². The number of methoxy groups -OCH3 is 2. The second-order valence-electron chi connectivity index (χ2n) is 8.77. The highest BCUT2D eigenvalue weighted by Crippen LogP contribution is 2.48. The lowest BCUT2D eigenvalue weighted by molar-refractivity contribution is -0.149. The molecule has 2 aliphatic heterocycles. The van der Waals surface area contributed by atoms with Crippen LogP contribution in [0.3, 0.4) is 0 Å². The lowest BCUT2D eigenvalue weighted by Crippen LogP contribution is -2.34. The molecule has 0 spiro atoms. The molecule has 3 atom stereocenters. The first-order chi connectivity index (χ1) is 18.8. The van der Waals surface area contributed by atoms with Crippen LogP contribution >= 0.6 is 0 Å². The molecule has 5 rings (SSSR count). The molecule has 1 fully saturated rings. The molecule has 206 valence electrons. The summed E-state index contributed by atoms with van der Waals surface area (Å²) in [5.41, 5.74) is 7.58. The van der Waals surface area contributed by atoms with Gasteiger partial charge in [0.2, 0.25) is 12.5 Å². The van der Waals surface area contributed by atoms with E-state index in [9.17, 15) is 14.7 Å². The van der Waals surface area contributed by atoms with Crippen LogP contribution in [0.4, 0.5) is 0 Å². The van der Waals surface area contributed by atoms with Crippen molar-refractivity contribution in [1.29, 1.82) is 0 Å². The van der Waals surface area contributed by atoms with Crippen LogP contribution in [0.1, 0.15) is 17.2 Å². The number of phenols is 1. The Balaban J connectivity index is 0.000000270. The number of hydrogen-bond acceptors (Lipinski definition) is 10. The van der Waals surface area contributed by atoms with E-state index in [2.05, 4.69) is 11.6 Å². The van der Waals surface area contributed by atoms with Crippen molar-refractivity contribution in [3.8, 4) is 28.7 Å². The highest BCUT2D eigenvalue weighted by Gasteiger charge is 2.48. The maximum atomic E-state index is 12.8. The summed E-state index contributed by atoms with van der Waals surface area (Å²) in [6.45, 7) is 3.91. The van der Waals surface area contributed by atoms with Crippen molar-refractivity contribution in [3.63, 3.8) is 0 Å². The summed E-state index contributed by atoms with van der Waals surface area (Å²) >= 11 is 0. The SMILES string of the molecule is C=C/C=C(/C(=O)OC1c2cc3c(cc2C[C@H]2C(=O)OCC12)OCO3)C(N)=NC.COc1cccc(OC)c1O. The summed E-state index contributed by atoms with van der Waals surface area (Å²) in [4.78, 5) is 28.9. The van der Waals surface area contributed by atoms with Crippen LogP contribution in [-0.4, -0.2) is 57.5 Å². The number of fused-ring (bicyclic) bond motifs is 3. The molecule has 1 aliphatic carbocycles. The predicted molar refractivity (Wildman–Crippen MR) is 140 cm³/mol. The minimum absolute atomic E-state index is 0.0394. The number of para-hydroxylation sites is 1. The Bertz CT molecular complexity index is 1310. The highest BCUT2D eigenvalue weighted by atomic mass is 16.7. The number of cyclic esters (lactones) is 1. The Hall–Kier alpha value is -4.67. The second kappa shape index (κ2) is 11.8. The molecule has 39 heavy (non-hydrogen) atoms. The van der Waals surface area contributed by atoms with Gasteiger partial charge in [-0.25, -0.2) is 4.79 Å². The van der Waals surface area contributed by atoms with Crippen molar-refractivity contribution in [3.05, 3.63) is 65.8 Å². The largest absolute Gasteiger partial charge is 0.502 e. The summed E-state index contributed by atoms with van der Waals surface area (Å²) in [7, 11) is 4.47. The Kier molecular flexibility index (Phi) is 8.28. The maximum Gasteiger partial charge on any atom is 0.342 e. The molecule has 0 aromatic heterocycles. The van der Waals surface area contributed by atoms with E-state index in [1.165, 1.54) is 33.4 Å². The number of benzene rings is 2. The number of amidine groups is 1. The molecule has 0 amide bonds. The monoisotopic (exact) mass is 538 g/mol. The quantitative estimate of drug-likeness (QED) is 0.185. The Morgan fingerprint density at radius 1 is 1.15 bits per heavy atom. The van der Waals surface area contributed by atoms with Crippen molar-refractivity contribution in [1.82, 2.24) is 0 Å². The van der Waals surface area contributed by atoms with E-state index < -0.39 is 12.1 Å². The summed E-state index contributed by atoms with van der Waals surface area (Å²) in [5.74, 6) is 0.530. The Morgan fingerprint density at radius 2 is 1.82 bits per heavy atom. The van der Waals surface area contributed by atoms with E-state index >= 15 is 0 Å². The number of nitrogens with two attached hydrogens (primary N) is 1. The smallest absolute Gasteiger partial charge is 0.342 e. The number of phenolic OH excluding ortho intramolecular Hbond substituents is 1. The number of carbonyl (C=O) groups excluding carboxylic acids is 2. The van der Waals surface area contributed by atoms with E-state index in [4.69, 9.17) is 34.2 Å². The van der Waals surface area contributed by atoms with Gasteiger partial charge in [0.1, 0.15) is 17.5 Å². The van der Waals surface area contributed by atoms with Crippen molar-refractivity contribution < 1.29 is 43.1 Å². The normalized spacial score (nSPS) is 21.0. The number of allylic oxidation sites excluding steroid dienone is 2. The van der Waals surface area contributed by atoms with Gasteiger partial charge < -0.3 is 39.3 Å². The van der Waals surface area contributed by atoms with Crippen LogP contribution in [0.25, 0.3) is 0 Å². The van der Waals surface area contributed by atoms with Crippen molar-refractivity contribution in [2.24, 2.45) is 22.6 Å². The van der Waals surface area contributed by atoms with Gasteiger partial charge in [0, 0.05) is 18.5 Å². The van der Waals surface area contributed by atoms with Gasteiger partial charge in [-0.3, -0.25) is 9.79 Å². The third-order valence-corrected chi connectivity index (χ3v) is 6.66. The van der Waals surface area contributed by atoms with Crippen LogP contribution in [0.2, 0.25) is 0 Å². The number of ether oxygens (including phenoxy) is 6. The number of nitrogens with zero attached hydrogens (tertiary/aromatic N) is 1. The molecule has 0 radical (unpaired) electrons. The van der Waals surface area contributed by atoms with Crippen LogP contribution in [-0.2, 0) is 25.5 Å². The zero-order valence-electron chi connectivity index (χ0n) is 21.8. The highest BCUT2D eigenvalue weighted by molar-refractivity contribution is 6.18. The molecule has 3 N–H and O–H groups in total. The first-order valence-corrected chi connectivity index (χ1v) is 12.1. The van der Waals surface area contributed by atoms with Gasteiger partial charge in [-0.15, -0.1) is 0 Å². The van der Waals surface area contributed by atoms with Gasteiger partial charge >= 0.3 is 11.9 Å². The molecule has 3 aliphatic rings. The number of esters is 2. The minimum Gasteiger partial charge on any atom is -0.502 e. The summed E-state index contributed by atoms with van der Waals surface area (Å²) < 4.78 is 31.7. The molecule has 0 saturated carbocycles. The lowest BCUT2D eigenvalue weighted by Gasteiger charge is -2.33. The van der Waals surface area contributed by atoms with E-state index in [0.717, 1.165) is 11.1 Å². The molecule has 11 heteroatoms. The minimum atomic E-state index is -0.680. The fourth-order valence-corrected chi connectivity index (χ4v) is 4.68. The number of carbonyl (C=O) groups is 2. The molecule has 2 aromatic rings. The van der Waals surface area contributed by atoms with E-state index in [1.807, 2.05) is 12.1 Å². The molecular formula is C28H30N2O9. The van der Waals surface area contributed by atoms with Gasteiger partial charge in [0.15, 0.2) is 23.0 Å².